The molecule has 100 valence electrons. The quantitative estimate of drug-likeness (QED) is 0.628. The molecule has 1 aromatic carbocycles. The maximum Gasteiger partial charge on any atom is 0.130 e. The van der Waals surface area contributed by atoms with Crippen LogP contribution in [0.4, 0.5) is 8.78 Å². The number of methoxy groups -OCH3 is 1. The minimum absolute atomic E-state index is 0.0108. The summed E-state index contributed by atoms with van der Waals surface area (Å²) in [5.41, 5.74) is 2.19. The molecule has 18 heavy (non-hydrogen) atoms. The monoisotopic (exact) mass is 256 g/mol. The summed E-state index contributed by atoms with van der Waals surface area (Å²) in [6, 6.07) is 3.25. The van der Waals surface area contributed by atoms with Gasteiger partial charge in [0.1, 0.15) is 11.6 Å². The zero-order chi connectivity index (χ0) is 13.2. The summed E-state index contributed by atoms with van der Waals surface area (Å²) in [4.78, 5) is 0. The first-order valence-electron chi connectivity index (χ1n) is 6.07. The lowest BCUT2D eigenvalue weighted by molar-refractivity contribution is -0.0841. The van der Waals surface area contributed by atoms with E-state index in [0.717, 1.165) is 19.3 Å². The van der Waals surface area contributed by atoms with Gasteiger partial charge in [-0.25, -0.2) is 8.78 Å². The minimum atomic E-state index is -0.580. The minimum Gasteiger partial charge on any atom is -0.378 e. The van der Waals surface area contributed by atoms with Crippen molar-refractivity contribution in [1.82, 2.24) is 5.43 Å². The number of hydrazine groups is 1. The summed E-state index contributed by atoms with van der Waals surface area (Å²) in [5.74, 6) is 4.28. The Morgan fingerprint density at radius 1 is 1.39 bits per heavy atom. The summed E-state index contributed by atoms with van der Waals surface area (Å²) in [7, 11) is 1.63. The zero-order valence-corrected chi connectivity index (χ0v) is 10.4. The second kappa shape index (κ2) is 5.30. The summed E-state index contributed by atoms with van der Waals surface area (Å²) in [6.45, 7) is 0. The van der Waals surface area contributed by atoms with Crippen LogP contribution in [0.3, 0.4) is 0 Å². The fourth-order valence-electron chi connectivity index (χ4n) is 2.52. The zero-order valence-electron chi connectivity index (χ0n) is 10.4. The Morgan fingerprint density at radius 3 is 2.39 bits per heavy atom. The average Bonchev–Trinajstić information content (AvgIpc) is 2.31. The molecule has 1 atom stereocenters. The molecule has 1 fully saturated rings. The Kier molecular flexibility index (Phi) is 3.94. The van der Waals surface area contributed by atoms with Gasteiger partial charge in [-0.15, -0.1) is 0 Å². The number of ether oxygens (including phenoxy) is 1. The van der Waals surface area contributed by atoms with Crippen LogP contribution < -0.4 is 11.3 Å². The molecule has 0 aliphatic heterocycles. The van der Waals surface area contributed by atoms with Gasteiger partial charge < -0.3 is 4.74 Å². The van der Waals surface area contributed by atoms with Gasteiger partial charge in [0.2, 0.25) is 0 Å². The van der Waals surface area contributed by atoms with E-state index in [-0.39, 0.29) is 11.2 Å². The number of hydrogen-bond acceptors (Lipinski definition) is 3. The van der Waals surface area contributed by atoms with E-state index in [1.165, 1.54) is 18.2 Å². The smallest absolute Gasteiger partial charge is 0.130 e. The largest absolute Gasteiger partial charge is 0.378 e. The second-order valence-electron chi connectivity index (χ2n) is 4.80. The highest BCUT2D eigenvalue weighted by Gasteiger charge is 2.40. The molecule has 0 spiro atoms. The summed E-state index contributed by atoms with van der Waals surface area (Å²) < 4.78 is 32.9. The van der Waals surface area contributed by atoms with Crippen LogP contribution >= 0.6 is 0 Å². The van der Waals surface area contributed by atoms with Gasteiger partial charge in [0.05, 0.1) is 11.6 Å². The molecular weight excluding hydrogens is 238 g/mol. The van der Waals surface area contributed by atoms with Gasteiger partial charge in [-0.05, 0) is 37.8 Å². The number of nitrogens with two attached hydrogens (primary N) is 1. The van der Waals surface area contributed by atoms with Crippen molar-refractivity contribution in [2.45, 2.75) is 37.3 Å². The maximum atomic E-state index is 13.7. The van der Waals surface area contributed by atoms with Crippen LogP contribution in [0, 0.1) is 11.6 Å². The lowest BCUT2D eigenvalue weighted by atomic mass is 9.74. The van der Waals surface area contributed by atoms with Gasteiger partial charge in [-0.3, -0.25) is 11.3 Å². The molecule has 0 bridgehead atoms. The molecule has 1 aromatic rings. The Balaban J connectivity index is 2.23. The van der Waals surface area contributed by atoms with Gasteiger partial charge in [-0.1, -0.05) is 6.07 Å². The number of nitrogens with one attached hydrogen (secondary N) is 1. The third kappa shape index (κ3) is 2.39. The van der Waals surface area contributed by atoms with Crippen molar-refractivity contribution in [1.29, 1.82) is 0 Å². The Hall–Kier alpha value is -1.04. The normalized spacial score (nSPS) is 19.3. The highest BCUT2D eigenvalue weighted by Crippen LogP contribution is 2.42. The number of rotatable bonds is 5. The van der Waals surface area contributed by atoms with Crippen molar-refractivity contribution in [3.05, 3.63) is 35.4 Å². The lowest BCUT2D eigenvalue weighted by Gasteiger charge is -2.42. The SMILES string of the molecule is COC1(CC(NN)c2c(F)cccc2F)CCC1. The fraction of sp³-hybridized carbons (Fsp3) is 0.538. The van der Waals surface area contributed by atoms with E-state index in [0.29, 0.717) is 6.42 Å². The molecule has 1 aliphatic rings. The van der Waals surface area contributed by atoms with E-state index in [1.54, 1.807) is 7.11 Å². The number of halogens is 2. The molecule has 1 unspecified atom stereocenters. The van der Waals surface area contributed by atoms with E-state index in [4.69, 9.17) is 10.6 Å². The van der Waals surface area contributed by atoms with Crippen molar-refractivity contribution in [3.8, 4) is 0 Å². The molecule has 3 nitrogen and oxygen atoms in total. The van der Waals surface area contributed by atoms with Crippen LogP contribution in [0.1, 0.15) is 37.3 Å². The van der Waals surface area contributed by atoms with Crippen molar-refractivity contribution < 1.29 is 13.5 Å². The van der Waals surface area contributed by atoms with Crippen LogP contribution in [-0.4, -0.2) is 12.7 Å². The van der Waals surface area contributed by atoms with Crippen molar-refractivity contribution >= 4 is 0 Å². The van der Waals surface area contributed by atoms with Crippen LogP contribution in [0.25, 0.3) is 0 Å². The standard InChI is InChI=1S/C13H18F2N2O/c1-18-13(6-3-7-13)8-11(17-16)12-9(14)4-2-5-10(12)15/h2,4-5,11,17H,3,6-8,16H2,1H3. The Bertz CT molecular complexity index is 396. The van der Waals surface area contributed by atoms with E-state index in [2.05, 4.69) is 5.43 Å². The number of hydrogen-bond donors (Lipinski definition) is 2. The molecule has 0 saturated heterocycles. The third-order valence-electron chi connectivity index (χ3n) is 3.82. The van der Waals surface area contributed by atoms with Gasteiger partial charge in [0.25, 0.3) is 0 Å². The summed E-state index contributed by atoms with van der Waals surface area (Å²) in [5, 5.41) is 0. The molecule has 3 N–H and O–H groups in total. The first-order valence-corrected chi connectivity index (χ1v) is 6.07. The lowest BCUT2D eigenvalue weighted by Crippen LogP contribution is -2.44. The summed E-state index contributed by atoms with van der Waals surface area (Å²) in [6.07, 6.45) is 3.35. The predicted molar refractivity (Wildman–Crippen MR) is 64.6 cm³/mol. The molecular formula is C13H18F2N2O. The highest BCUT2D eigenvalue weighted by atomic mass is 19.1. The van der Waals surface area contributed by atoms with E-state index in [1.807, 2.05) is 0 Å². The molecule has 0 radical (unpaired) electrons. The molecule has 0 amide bonds. The van der Waals surface area contributed by atoms with Gasteiger partial charge >= 0.3 is 0 Å². The van der Waals surface area contributed by atoms with E-state index >= 15 is 0 Å². The molecule has 0 aromatic heterocycles. The summed E-state index contributed by atoms with van der Waals surface area (Å²) >= 11 is 0. The molecule has 5 heteroatoms. The third-order valence-corrected chi connectivity index (χ3v) is 3.82. The van der Waals surface area contributed by atoms with Crippen LogP contribution in [0.2, 0.25) is 0 Å². The van der Waals surface area contributed by atoms with Crippen LogP contribution in [-0.2, 0) is 4.74 Å². The first-order chi connectivity index (χ1) is 8.62. The van der Waals surface area contributed by atoms with Crippen LogP contribution in [0.5, 0.6) is 0 Å². The molecule has 0 heterocycles. The number of benzene rings is 1. The average molecular weight is 256 g/mol. The Labute approximate surface area is 105 Å². The Morgan fingerprint density at radius 2 is 2.00 bits per heavy atom. The molecule has 1 saturated carbocycles. The van der Waals surface area contributed by atoms with Gasteiger partial charge in [0.15, 0.2) is 0 Å². The van der Waals surface area contributed by atoms with Crippen molar-refractivity contribution in [2.24, 2.45) is 5.84 Å². The molecule has 1 aliphatic carbocycles. The van der Waals surface area contributed by atoms with Crippen molar-refractivity contribution in [2.75, 3.05) is 7.11 Å². The molecule has 2 rings (SSSR count). The van der Waals surface area contributed by atoms with Gasteiger partial charge in [-0.2, -0.15) is 0 Å². The highest BCUT2D eigenvalue weighted by molar-refractivity contribution is 5.24. The van der Waals surface area contributed by atoms with Crippen LogP contribution in [0.15, 0.2) is 18.2 Å². The maximum absolute atomic E-state index is 13.7. The topological polar surface area (TPSA) is 47.3 Å². The van der Waals surface area contributed by atoms with Gasteiger partial charge in [0, 0.05) is 12.7 Å². The fourth-order valence-corrected chi connectivity index (χ4v) is 2.52. The first kappa shape index (κ1) is 13.4. The van der Waals surface area contributed by atoms with E-state index < -0.39 is 17.7 Å². The van der Waals surface area contributed by atoms with E-state index in [9.17, 15) is 8.78 Å². The predicted octanol–water partition coefficient (Wildman–Crippen LogP) is 2.43. The second-order valence-corrected chi connectivity index (χ2v) is 4.80. The van der Waals surface area contributed by atoms with Crippen molar-refractivity contribution in [3.63, 3.8) is 0 Å².